The van der Waals surface area contributed by atoms with Gasteiger partial charge in [-0.05, 0) is 55.3 Å². The summed E-state index contributed by atoms with van der Waals surface area (Å²) in [6, 6.07) is 8.18. The highest BCUT2D eigenvalue weighted by Crippen LogP contribution is 2.38. The van der Waals surface area contributed by atoms with Gasteiger partial charge in [0.2, 0.25) is 5.91 Å². The Morgan fingerprint density at radius 3 is 2.70 bits per heavy atom. The van der Waals surface area contributed by atoms with Gasteiger partial charge in [0.1, 0.15) is 35.6 Å². The highest BCUT2D eigenvalue weighted by molar-refractivity contribution is 6.00. The summed E-state index contributed by atoms with van der Waals surface area (Å²) in [4.78, 5) is 31.8. The normalized spacial score (nSPS) is 21.8. The Hall–Kier alpha value is -4.25. The maximum Gasteiger partial charge on any atom is 0.319 e. The number of likely N-dealkylation sites (tertiary alicyclic amines) is 2. The number of hydrogen-bond donors (Lipinski definition) is 0. The van der Waals surface area contributed by atoms with Crippen molar-refractivity contribution in [3.63, 3.8) is 0 Å². The predicted molar refractivity (Wildman–Crippen MR) is 174 cm³/mol. The molecule has 1 amide bonds. The average Bonchev–Trinajstić information content (AvgIpc) is 3.65. The van der Waals surface area contributed by atoms with Gasteiger partial charge in [-0.25, -0.2) is 13.2 Å². The maximum absolute atomic E-state index is 16.7. The minimum absolute atomic E-state index is 0.0237. The monoisotopic (exact) mass is 632 g/mol. The molecular formula is C35H39F3N6O2. The predicted octanol–water partition coefficient (Wildman–Crippen LogP) is 6.25. The van der Waals surface area contributed by atoms with Gasteiger partial charge in [0.05, 0.1) is 10.9 Å². The second-order valence-corrected chi connectivity index (χ2v) is 12.6. The quantitative estimate of drug-likeness (QED) is 0.202. The van der Waals surface area contributed by atoms with E-state index in [1.807, 2.05) is 23.9 Å². The Balaban J connectivity index is 1.46. The van der Waals surface area contributed by atoms with E-state index < -0.39 is 17.5 Å². The molecule has 6 rings (SSSR count). The molecule has 0 aliphatic carbocycles. The molecule has 2 fully saturated rings. The number of benzene rings is 2. The van der Waals surface area contributed by atoms with E-state index in [1.165, 1.54) is 12.1 Å². The molecule has 11 heteroatoms. The van der Waals surface area contributed by atoms with Crippen molar-refractivity contribution in [3.05, 3.63) is 66.4 Å². The van der Waals surface area contributed by atoms with Gasteiger partial charge < -0.3 is 14.5 Å². The Morgan fingerprint density at radius 1 is 1.17 bits per heavy atom. The van der Waals surface area contributed by atoms with Gasteiger partial charge in [0, 0.05) is 50.9 Å². The number of carbonyl (C=O) groups is 1. The van der Waals surface area contributed by atoms with Crippen molar-refractivity contribution in [2.45, 2.75) is 57.3 Å². The minimum Gasteiger partial charge on any atom is -0.461 e. The van der Waals surface area contributed by atoms with Crippen LogP contribution in [-0.2, 0) is 4.79 Å². The van der Waals surface area contributed by atoms with Crippen molar-refractivity contribution in [3.8, 4) is 17.3 Å². The van der Waals surface area contributed by atoms with Gasteiger partial charge in [-0.2, -0.15) is 9.97 Å². The van der Waals surface area contributed by atoms with Crippen molar-refractivity contribution in [2.24, 2.45) is 0 Å². The minimum atomic E-state index is -0.966. The van der Waals surface area contributed by atoms with Crippen molar-refractivity contribution >= 4 is 33.4 Å². The zero-order valence-corrected chi connectivity index (χ0v) is 26.7. The number of halogens is 3. The van der Waals surface area contributed by atoms with Crippen LogP contribution < -0.4 is 9.64 Å². The molecule has 0 saturated carbocycles. The number of fused-ring (bicyclic) bond motifs is 2. The molecule has 4 aromatic rings. The summed E-state index contributed by atoms with van der Waals surface area (Å²) >= 11 is 0. The fourth-order valence-corrected chi connectivity index (χ4v) is 7.11. The van der Waals surface area contributed by atoms with Crippen LogP contribution in [0.2, 0.25) is 0 Å². The van der Waals surface area contributed by atoms with Crippen molar-refractivity contribution < 1.29 is 22.7 Å². The number of ether oxygens (including phenoxy) is 1. The molecular weight excluding hydrogens is 593 g/mol. The first-order chi connectivity index (χ1) is 22.1. The van der Waals surface area contributed by atoms with Gasteiger partial charge in [0.15, 0.2) is 5.82 Å². The Bertz CT molecular complexity index is 1820. The van der Waals surface area contributed by atoms with Crippen LogP contribution in [0.1, 0.15) is 38.2 Å². The molecule has 46 heavy (non-hydrogen) atoms. The molecule has 2 saturated heterocycles. The van der Waals surface area contributed by atoms with Gasteiger partial charge in [-0.1, -0.05) is 44.2 Å². The number of aromatic nitrogens is 3. The van der Waals surface area contributed by atoms with E-state index in [9.17, 15) is 13.6 Å². The molecule has 0 bridgehead atoms. The van der Waals surface area contributed by atoms with E-state index in [-0.39, 0.29) is 41.6 Å². The molecule has 242 valence electrons. The molecule has 3 atom stereocenters. The molecule has 0 radical (unpaired) electrons. The van der Waals surface area contributed by atoms with Gasteiger partial charge in [0.25, 0.3) is 0 Å². The zero-order valence-electron chi connectivity index (χ0n) is 26.7. The molecule has 4 heterocycles. The largest absolute Gasteiger partial charge is 0.461 e. The summed E-state index contributed by atoms with van der Waals surface area (Å²) in [5.41, 5.74) is 0.542. The number of carbonyl (C=O) groups excluding carboxylic acids is 1. The summed E-state index contributed by atoms with van der Waals surface area (Å²) in [5, 5.41) is 1.72. The average molecular weight is 633 g/mol. The van der Waals surface area contributed by atoms with Crippen LogP contribution in [0, 0.1) is 18.6 Å². The van der Waals surface area contributed by atoms with Crippen LogP contribution in [0.4, 0.5) is 19.0 Å². The second kappa shape index (κ2) is 12.5. The van der Waals surface area contributed by atoms with Crippen molar-refractivity contribution in [1.29, 1.82) is 0 Å². The third-order valence-corrected chi connectivity index (χ3v) is 9.76. The first kappa shape index (κ1) is 31.7. The van der Waals surface area contributed by atoms with Crippen LogP contribution in [0.25, 0.3) is 32.9 Å². The highest BCUT2D eigenvalue weighted by Gasteiger charge is 2.44. The van der Waals surface area contributed by atoms with E-state index >= 15 is 4.39 Å². The maximum atomic E-state index is 16.7. The summed E-state index contributed by atoms with van der Waals surface area (Å²) in [6.45, 7) is 8.81. The molecule has 2 aliphatic heterocycles. The fourth-order valence-electron chi connectivity index (χ4n) is 7.11. The number of amides is 1. The topological polar surface area (TPSA) is 74.7 Å². The lowest BCUT2D eigenvalue weighted by molar-refractivity contribution is -0.125. The lowest BCUT2D eigenvalue weighted by Crippen LogP contribution is -2.46. The van der Waals surface area contributed by atoms with Crippen LogP contribution in [0.3, 0.4) is 0 Å². The summed E-state index contributed by atoms with van der Waals surface area (Å²) in [7, 11) is 3.74. The van der Waals surface area contributed by atoms with E-state index in [0.29, 0.717) is 65.6 Å². The van der Waals surface area contributed by atoms with E-state index in [2.05, 4.69) is 23.5 Å². The second-order valence-electron chi connectivity index (χ2n) is 12.6. The number of rotatable bonds is 9. The fraction of sp³-hybridized carbons (Fsp3) is 0.429. The Labute approximate surface area is 266 Å². The number of likely N-dealkylation sites (N-methyl/N-ethyl adjacent to an activating group) is 2. The third-order valence-electron chi connectivity index (χ3n) is 9.76. The Kier molecular flexibility index (Phi) is 8.62. The van der Waals surface area contributed by atoms with Crippen molar-refractivity contribution in [2.75, 3.05) is 45.2 Å². The first-order valence-electron chi connectivity index (χ1n) is 15.7. The number of nitrogens with zero attached hydrogens (tertiary/aromatic N) is 6. The molecule has 0 unspecified atom stereocenters. The molecule has 2 aromatic carbocycles. The Morgan fingerprint density at radius 2 is 1.98 bits per heavy atom. The van der Waals surface area contributed by atoms with Gasteiger partial charge in [-0.15, -0.1) is 0 Å². The number of pyridine rings is 1. The summed E-state index contributed by atoms with van der Waals surface area (Å²) in [6.07, 6.45) is 4.46. The van der Waals surface area contributed by atoms with Crippen LogP contribution in [0.5, 0.6) is 6.01 Å². The lowest BCUT2D eigenvalue weighted by Gasteiger charge is -2.35. The number of anilines is 1. The third kappa shape index (κ3) is 5.55. The van der Waals surface area contributed by atoms with Gasteiger partial charge in [-0.3, -0.25) is 14.7 Å². The summed E-state index contributed by atoms with van der Waals surface area (Å²) in [5.74, 6) is -0.733. The summed E-state index contributed by atoms with van der Waals surface area (Å²) < 4.78 is 51.9. The smallest absolute Gasteiger partial charge is 0.319 e. The first-order valence-corrected chi connectivity index (χ1v) is 15.7. The van der Waals surface area contributed by atoms with E-state index in [1.54, 1.807) is 42.3 Å². The van der Waals surface area contributed by atoms with E-state index in [0.717, 1.165) is 12.8 Å². The number of alkyl halides is 1. The van der Waals surface area contributed by atoms with Crippen LogP contribution in [0.15, 0.2) is 49.2 Å². The highest BCUT2D eigenvalue weighted by atomic mass is 19.1. The number of aryl methyl sites for hydroxylation is 1. The van der Waals surface area contributed by atoms with Gasteiger partial charge >= 0.3 is 6.01 Å². The molecule has 0 N–H and O–H groups in total. The molecule has 2 aromatic heterocycles. The lowest BCUT2D eigenvalue weighted by atomic mass is 9.91. The molecule has 0 spiro atoms. The van der Waals surface area contributed by atoms with Crippen LogP contribution >= 0.6 is 0 Å². The molecule has 2 aliphatic rings. The van der Waals surface area contributed by atoms with Crippen molar-refractivity contribution in [1.82, 2.24) is 24.8 Å². The SMILES string of the molecule is C=CC(=O)N1CC[C@@H](N(C)c2nc(OC[C@]3(CCC)C[C@@H](F)CN3C)nc3c(F)c(-c4cccc5c(C)c(F)ccc45)ncc23)C1. The van der Waals surface area contributed by atoms with E-state index in [4.69, 9.17) is 9.72 Å². The van der Waals surface area contributed by atoms with Crippen LogP contribution in [-0.4, -0.2) is 88.7 Å². The molecule has 8 nitrogen and oxygen atoms in total. The standard InChI is InChI=1S/C35H39F3N6O2/c1-6-14-35(16-22(36)18-42(35)4)20-46-34-40-32-27(33(41-34)43(5)23-13-15-44(19-23)29(45)7-2)17-39-31(30(32)38)26-10-8-9-24-21(3)28(37)12-11-25(24)26/h7-12,17,22-23H,2,6,13-16,18-20H2,1,3-5H3/t22-,23-,35+/m1/s1. The zero-order chi connectivity index (χ0) is 32.7. The number of hydrogen-bond acceptors (Lipinski definition) is 7.